The predicted octanol–water partition coefficient (Wildman–Crippen LogP) is 3.17. The van der Waals surface area contributed by atoms with Crippen LogP contribution in [0.2, 0.25) is 0 Å². The Kier molecular flexibility index (Phi) is 7.37. The van der Waals surface area contributed by atoms with Crippen LogP contribution in [-0.2, 0) is 4.79 Å². The number of rotatable bonds is 3. The standard InChI is InChI=1S/C14H19BrN2OS.ClH/c1-10-9-16-7-8-17(10)14(18)11(2)19-13-5-3-12(15)4-6-13;/h3-6,10-11,16H,7-9H2,1-2H3;1H/t10-,11?;/m1./s1. The van der Waals surface area contributed by atoms with E-state index in [0.29, 0.717) is 0 Å². The van der Waals surface area contributed by atoms with Gasteiger partial charge in [0.25, 0.3) is 0 Å². The van der Waals surface area contributed by atoms with Crippen molar-refractivity contribution in [2.24, 2.45) is 0 Å². The van der Waals surface area contributed by atoms with Crippen LogP contribution >= 0.6 is 40.1 Å². The zero-order valence-corrected chi connectivity index (χ0v) is 14.9. The second kappa shape index (κ2) is 8.27. The third kappa shape index (κ3) is 4.65. The van der Waals surface area contributed by atoms with E-state index in [9.17, 15) is 4.79 Å². The van der Waals surface area contributed by atoms with Crippen LogP contribution in [0.15, 0.2) is 33.6 Å². The van der Waals surface area contributed by atoms with Gasteiger partial charge in [0.15, 0.2) is 0 Å². The summed E-state index contributed by atoms with van der Waals surface area (Å²) in [6.45, 7) is 6.68. The topological polar surface area (TPSA) is 32.3 Å². The fourth-order valence-corrected chi connectivity index (χ4v) is 3.37. The molecule has 1 aromatic rings. The molecule has 1 N–H and O–H groups in total. The van der Waals surface area contributed by atoms with Gasteiger partial charge >= 0.3 is 0 Å². The lowest BCUT2D eigenvalue weighted by atomic mass is 10.2. The van der Waals surface area contributed by atoms with Crippen molar-refractivity contribution in [1.29, 1.82) is 0 Å². The summed E-state index contributed by atoms with van der Waals surface area (Å²) in [5.74, 6) is 0.238. The molecule has 3 nitrogen and oxygen atoms in total. The number of carbonyl (C=O) groups excluding carboxylic acids is 1. The molecule has 0 spiro atoms. The van der Waals surface area contributed by atoms with Crippen LogP contribution in [0, 0.1) is 0 Å². The second-order valence-corrected chi connectivity index (χ2v) is 7.13. The van der Waals surface area contributed by atoms with E-state index in [0.717, 1.165) is 29.0 Å². The highest BCUT2D eigenvalue weighted by molar-refractivity contribution is 9.10. The average Bonchev–Trinajstić information content (AvgIpc) is 2.41. The van der Waals surface area contributed by atoms with Crippen molar-refractivity contribution >= 4 is 46.0 Å². The Morgan fingerprint density at radius 2 is 2.10 bits per heavy atom. The summed E-state index contributed by atoms with van der Waals surface area (Å²) in [6.07, 6.45) is 0. The number of nitrogens with zero attached hydrogens (tertiary/aromatic N) is 1. The highest BCUT2D eigenvalue weighted by Gasteiger charge is 2.27. The minimum absolute atomic E-state index is 0. The van der Waals surface area contributed by atoms with E-state index in [-0.39, 0.29) is 29.6 Å². The normalized spacial score (nSPS) is 20.1. The van der Waals surface area contributed by atoms with Crippen molar-refractivity contribution in [3.8, 4) is 0 Å². The molecular weight excluding hydrogens is 360 g/mol. The number of carbonyl (C=O) groups is 1. The smallest absolute Gasteiger partial charge is 0.236 e. The van der Waals surface area contributed by atoms with Gasteiger partial charge in [0, 0.05) is 35.0 Å². The Morgan fingerprint density at radius 3 is 2.70 bits per heavy atom. The molecule has 20 heavy (non-hydrogen) atoms. The maximum atomic E-state index is 12.4. The Balaban J connectivity index is 0.00000200. The molecule has 1 aliphatic rings. The number of benzene rings is 1. The number of piperazine rings is 1. The lowest BCUT2D eigenvalue weighted by Crippen LogP contribution is -2.54. The van der Waals surface area contributed by atoms with E-state index in [1.807, 2.05) is 36.1 Å². The first kappa shape index (κ1) is 17.8. The molecule has 0 radical (unpaired) electrons. The van der Waals surface area contributed by atoms with Gasteiger partial charge in [-0.1, -0.05) is 15.9 Å². The fraction of sp³-hybridized carbons (Fsp3) is 0.500. The molecule has 1 saturated heterocycles. The summed E-state index contributed by atoms with van der Waals surface area (Å²) in [5.41, 5.74) is 0. The molecule has 0 aliphatic carbocycles. The van der Waals surface area contributed by atoms with Crippen LogP contribution < -0.4 is 5.32 Å². The van der Waals surface area contributed by atoms with Crippen molar-refractivity contribution < 1.29 is 4.79 Å². The maximum absolute atomic E-state index is 12.4. The Hall–Kier alpha value is -0.230. The van der Waals surface area contributed by atoms with E-state index < -0.39 is 0 Å². The van der Waals surface area contributed by atoms with Gasteiger partial charge in [0.1, 0.15) is 0 Å². The van der Waals surface area contributed by atoms with Crippen molar-refractivity contribution in [1.82, 2.24) is 10.2 Å². The highest BCUT2D eigenvalue weighted by atomic mass is 79.9. The molecule has 2 atom stereocenters. The van der Waals surface area contributed by atoms with Gasteiger partial charge in [-0.25, -0.2) is 0 Å². The zero-order chi connectivity index (χ0) is 13.8. The lowest BCUT2D eigenvalue weighted by Gasteiger charge is -2.35. The molecule has 1 unspecified atom stereocenters. The number of hydrogen-bond donors (Lipinski definition) is 1. The van der Waals surface area contributed by atoms with Gasteiger partial charge in [-0.15, -0.1) is 24.2 Å². The Morgan fingerprint density at radius 1 is 1.45 bits per heavy atom. The van der Waals surface area contributed by atoms with Crippen LogP contribution in [0.5, 0.6) is 0 Å². The molecule has 1 amide bonds. The monoisotopic (exact) mass is 378 g/mol. The lowest BCUT2D eigenvalue weighted by molar-refractivity contribution is -0.133. The van der Waals surface area contributed by atoms with E-state index in [2.05, 4.69) is 28.2 Å². The first-order valence-corrected chi connectivity index (χ1v) is 8.18. The van der Waals surface area contributed by atoms with Crippen LogP contribution in [0.4, 0.5) is 0 Å². The summed E-state index contributed by atoms with van der Waals surface area (Å²) >= 11 is 5.04. The maximum Gasteiger partial charge on any atom is 0.236 e. The average molecular weight is 380 g/mol. The molecule has 1 heterocycles. The van der Waals surface area contributed by atoms with Gasteiger partial charge in [-0.3, -0.25) is 4.79 Å². The molecule has 1 fully saturated rings. The Bertz CT molecular complexity index is 443. The summed E-state index contributed by atoms with van der Waals surface area (Å²) in [4.78, 5) is 15.6. The molecule has 0 aromatic heterocycles. The van der Waals surface area contributed by atoms with E-state index in [1.165, 1.54) is 0 Å². The summed E-state index contributed by atoms with van der Waals surface area (Å²) < 4.78 is 1.06. The second-order valence-electron chi connectivity index (χ2n) is 4.80. The molecule has 112 valence electrons. The largest absolute Gasteiger partial charge is 0.336 e. The van der Waals surface area contributed by atoms with Crippen molar-refractivity contribution in [3.05, 3.63) is 28.7 Å². The van der Waals surface area contributed by atoms with Gasteiger partial charge in [-0.05, 0) is 38.1 Å². The van der Waals surface area contributed by atoms with Crippen LogP contribution in [0.3, 0.4) is 0 Å². The molecule has 1 aromatic carbocycles. The number of amides is 1. The molecule has 6 heteroatoms. The van der Waals surface area contributed by atoms with Gasteiger partial charge in [-0.2, -0.15) is 0 Å². The molecular formula is C14H20BrClN2OS. The molecule has 1 aliphatic heterocycles. The fourth-order valence-electron chi connectivity index (χ4n) is 2.17. The first-order valence-electron chi connectivity index (χ1n) is 6.51. The zero-order valence-electron chi connectivity index (χ0n) is 11.6. The number of nitrogens with one attached hydrogen (secondary N) is 1. The summed E-state index contributed by atoms with van der Waals surface area (Å²) in [5, 5.41) is 3.27. The number of hydrogen-bond acceptors (Lipinski definition) is 3. The minimum Gasteiger partial charge on any atom is -0.336 e. The quantitative estimate of drug-likeness (QED) is 0.819. The third-order valence-corrected chi connectivity index (χ3v) is 4.89. The minimum atomic E-state index is -0.0401. The van der Waals surface area contributed by atoms with Crippen molar-refractivity contribution in [2.45, 2.75) is 30.0 Å². The Labute approximate surface area is 139 Å². The third-order valence-electron chi connectivity index (χ3n) is 3.26. The van der Waals surface area contributed by atoms with Crippen LogP contribution in [0.1, 0.15) is 13.8 Å². The number of halogens is 2. The molecule has 0 saturated carbocycles. The van der Waals surface area contributed by atoms with Gasteiger partial charge in [0.2, 0.25) is 5.91 Å². The highest BCUT2D eigenvalue weighted by Crippen LogP contribution is 2.26. The molecule has 0 bridgehead atoms. The SMILES string of the molecule is CC(Sc1ccc(Br)cc1)C(=O)N1CCNC[C@H]1C.Cl. The van der Waals surface area contributed by atoms with Crippen molar-refractivity contribution in [3.63, 3.8) is 0 Å². The number of thioether (sulfide) groups is 1. The van der Waals surface area contributed by atoms with Crippen molar-refractivity contribution in [2.75, 3.05) is 19.6 Å². The summed E-state index contributed by atoms with van der Waals surface area (Å²) in [6, 6.07) is 8.38. The molecule has 2 rings (SSSR count). The van der Waals surface area contributed by atoms with E-state index in [1.54, 1.807) is 11.8 Å². The van der Waals surface area contributed by atoms with E-state index >= 15 is 0 Å². The summed E-state index contributed by atoms with van der Waals surface area (Å²) in [7, 11) is 0. The van der Waals surface area contributed by atoms with Gasteiger partial charge < -0.3 is 10.2 Å². The predicted molar refractivity (Wildman–Crippen MR) is 90.8 cm³/mol. The van der Waals surface area contributed by atoms with Crippen LogP contribution in [-0.4, -0.2) is 41.7 Å². The van der Waals surface area contributed by atoms with Gasteiger partial charge in [0.05, 0.1) is 5.25 Å². The first-order chi connectivity index (χ1) is 9.08. The van der Waals surface area contributed by atoms with E-state index in [4.69, 9.17) is 0 Å². The van der Waals surface area contributed by atoms with Crippen LogP contribution in [0.25, 0.3) is 0 Å².